The van der Waals surface area contributed by atoms with E-state index in [4.69, 9.17) is 11.6 Å². The van der Waals surface area contributed by atoms with Crippen LogP contribution in [0.3, 0.4) is 0 Å². The molecule has 5 aromatic rings. The Bertz CT molecular complexity index is 1620. The van der Waals surface area contributed by atoms with Crippen LogP contribution in [0.1, 0.15) is 47.2 Å². The van der Waals surface area contributed by atoms with E-state index in [1.54, 1.807) is 0 Å². The van der Waals surface area contributed by atoms with Gasteiger partial charge in [-0.15, -0.1) is 0 Å². The minimum atomic E-state index is -0.462. The summed E-state index contributed by atoms with van der Waals surface area (Å²) in [7, 11) is 0. The molecule has 1 nitrogen and oxygen atoms in total. The lowest BCUT2D eigenvalue weighted by atomic mass is 9.59. The average molecular weight is 524 g/mol. The smallest absolute Gasteiger partial charge is 0.0745 e. The van der Waals surface area contributed by atoms with Gasteiger partial charge >= 0.3 is 0 Å². The largest absolute Gasteiger partial charge is 0.374 e. The minimum Gasteiger partial charge on any atom is -0.374 e. The van der Waals surface area contributed by atoms with Gasteiger partial charge in [-0.3, -0.25) is 0 Å². The Morgan fingerprint density at radius 3 is 1.72 bits per heavy atom. The number of halogens is 1. The number of para-hydroxylation sites is 1. The molecule has 5 aromatic carbocycles. The second kappa shape index (κ2) is 9.29. The summed E-state index contributed by atoms with van der Waals surface area (Å²) in [6.45, 7) is 2.41. The van der Waals surface area contributed by atoms with Gasteiger partial charge in [0.1, 0.15) is 0 Å². The molecule has 0 spiro atoms. The molecule has 0 amide bonds. The maximum absolute atomic E-state index is 6.38. The van der Waals surface area contributed by atoms with Gasteiger partial charge in [0, 0.05) is 16.1 Å². The van der Waals surface area contributed by atoms with Gasteiger partial charge in [-0.25, -0.2) is 0 Å². The van der Waals surface area contributed by atoms with Crippen LogP contribution in [0, 0.1) is 0 Å². The number of hydrogen-bond acceptors (Lipinski definition) is 1. The van der Waals surface area contributed by atoms with Gasteiger partial charge in [0.05, 0.1) is 11.5 Å². The topological polar surface area (TPSA) is 12.0 Å². The number of rotatable bonds is 4. The van der Waals surface area contributed by atoms with E-state index in [2.05, 4.69) is 140 Å². The summed E-state index contributed by atoms with van der Waals surface area (Å²) in [5, 5.41) is 4.74. The SMILES string of the molecule is CC1(c2ccccc2)CC1=C1C(c2ccc(Cl)cc2)Nc2ccccc2C1(c1ccccc1)c1ccccc1. The fourth-order valence-electron chi connectivity index (χ4n) is 6.78. The van der Waals surface area contributed by atoms with Crippen molar-refractivity contribution in [3.05, 3.63) is 184 Å². The standard InChI is InChI=1S/C37H30ClN/c1-36(27-13-5-2-6-14-27)25-32(36)34-35(26-21-23-30(38)24-22-26)39-33-20-12-11-19-31(33)37(34,28-15-7-3-8-16-28)29-17-9-4-10-18-29/h2-24,35,39H,25H2,1H3. The highest BCUT2D eigenvalue weighted by molar-refractivity contribution is 6.30. The molecule has 2 atom stereocenters. The number of nitrogens with one attached hydrogen (secondary N) is 1. The van der Waals surface area contributed by atoms with Gasteiger partial charge in [-0.2, -0.15) is 0 Å². The van der Waals surface area contributed by atoms with Gasteiger partial charge in [0.15, 0.2) is 0 Å². The molecule has 1 heterocycles. The van der Waals surface area contributed by atoms with Gasteiger partial charge in [-0.05, 0) is 58.0 Å². The monoisotopic (exact) mass is 523 g/mol. The molecular formula is C37H30ClN. The van der Waals surface area contributed by atoms with Gasteiger partial charge in [0.25, 0.3) is 0 Å². The summed E-state index contributed by atoms with van der Waals surface area (Å²) in [6, 6.07) is 50.3. The first-order valence-electron chi connectivity index (χ1n) is 13.6. The maximum atomic E-state index is 6.38. The molecular weight excluding hydrogens is 494 g/mol. The highest BCUT2D eigenvalue weighted by Gasteiger charge is 2.56. The Morgan fingerprint density at radius 1 is 0.615 bits per heavy atom. The molecule has 0 saturated heterocycles. The highest BCUT2D eigenvalue weighted by atomic mass is 35.5. The van der Waals surface area contributed by atoms with E-state index < -0.39 is 5.41 Å². The molecule has 2 aliphatic rings. The Morgan fingerprint density at radius 2 is 1.13 bits per heavy atom. The highest BCUT2D eigenvalue weighted by Crippen LogP contribution is 2.64. The Kier molecular flexibility index (Phi) is 5.72. The average Bonchev–Trinajstić information content (AvgIpc) is 3.69. The lowest BCUT2D eigenvalue weighted by Crippen LogP contribution is -2.41. The second-order valence-electron chi connectivity index (χ2n) is 10.9. The fraction of sp³-hybridized carbons (Fsp3) is 0.135. The Balaban J connectivity index is 1.62. The summed E-state index contributed by atoms with van der Waals surface area (Å²) in [6.07, 6.45) is 1.03. The van der Waals surface area contributed by atoms with Crippen molar-refractivity contribution in [2.45, 2.75) is 30.2 Å². The first-order chi connectivity index (χ1) is 19.1. The molecule has 1 N–H and O–H groups in total. The zero-order chi connectivity index (χ0) is 26.5. The number of benzene rings is 5. The van der Waals surface area contributed by atoms with Crippen LogP contribution in [0.4, 0.5) is 5.69 Å². The number of allylic oxidation sites excluding steroid dienone is 1. The molecule has 1 saturated carbocycles. The third-order valence-corrected chi connectivity index (χ3v) is 9.00. The zero-order valence-electron chi connectivity index (χ0n) is 21.9. The van der Waals surface area contributed by atoms with Crippen LogP contribution >= 0.6 is 11.6 Å². The molecule has 7 rings (SSSR count). The summed E-state index contributed by atoms with van der Waals surface area (Å²) in [5.41, 5.74) is 10.1. The van der Waals surface area contributed by atoms with Crippen LogP contribution in [0.5, 0.6) is 0 Å². The van der Waals surface area contributed by atoms with Crippen molar-refractivity contribution in [1.29, 1.82) is 0 Å². The van der Waals surface area contributed by atoms with Crippen LogP contribution < -0.4 is 5.32 Å². The van der Waals surface area contributed by atoms with Crippen molar-refractivity contribution in [2.24, 2.45) is 0 Å². The molecule has 0 bridgehead atoms. The van der Waals surface area contributed by atoms with Crippen molar-refractivity contribution in [2.75, 3.05) is 5.32 Å². The molecule has 0 aromatic heterocycles. The van der Waals surface area contributed by atoms with Crippen LogP contribution in [-0.2, 0) is 10.8 Å². The molecule has 1 aliphatic carbocycles. The first-order valence-corrected chi connectivity index (χ1v) is 14.0. The van der Waals surface area contributed by atoms with E-state index in [0.29, 0.717) is 0 Å². The first kappa shape index (κ1) is 24.0. The molecule has 190 valence electrons. The zero-order valence-corrected chi connectivity index (χ0v) is 22.7. The predicted molar refractivity (Wildman–Crippen MR) is 162 cm³/mol. The van der Waals surface area contributed by atoms with Crippen LogP contribution in [0.15, 0.2) is 151 Å². The van der Waals surface area contributed by atoms with Crippen molar-refractivity contribution in [3.8, 4) is 0 Å². The molecule has 0 radical (unpaired) electrons. The maximum Gasteiger partial charge on any atom is 0.0745 e. The van der Waals surface area contributed by atoms with E-state index >= 15 is 0 Å². The molecule has 2 unspecified atom stereocenters. The molecule has 39 heavy (non-hydrogen) atoms. The quantitative estimate of drug-likeness (QED) is 0.231. The van der Waals surface area contributed by atoms with E-state index in [9.17, 15) is 0 Å². The third-order valence-electron chi connectivity index (χ3n) is 8.75. The van der Waals surface area contributed by atoms with E-state index in [1.165, 1.54) is 39.0 Å². The lowest BCUT2D eigenvalue weighted by Gasteiger charge is -2.47. The van der Waals surface area contributed by atoms with Gasteiger partial charge in [-0.1, -0.05) is 145 Å². The second-order valence-corrected chi connectivity index (χ2v) is 11.4. The normalized spacial score (nSPS) is 23.0. The predicted octanol–water partition coefficient (Wildman–Crippen LogP) is 9.50. The summed E-state index contributed by atoms with van der Waals surface area (Å²) < 4.78 is 0. The summed E-state index contributed by atoms with van der Waals surface area (Å²) in [4.78, 5) is 0. The van der Waals surface area contributed by atoms with Crippen molar-refractivity contribution < 1.29 is 0 Å². The molecule has 1 fully saturated rings. The van der Waals surface area contributed by atoms with E-state index in [0.717, 1.165) is 17.1 Å². The van der Waals surface area contributed by atoms with Crippen LogP contribution in [0.25, 0.3) is 0 Å². The fourth-order valence-corrected chi connectivity index (χ4v) is 6.91. The number of hydrogen-bond donors (Lipinski definition) is 1. The van der Waals surface area contributed by atoms with Crippen molar-refractivity contribution in [1.82, 2.24) is 0 Å². The number of anilines is 1. The summed E-state index contributed by atoms with van der Waals surface area (Å²) in [5.74, 6) is 0. The van der Waals surface area contributed by atoms with Crippen molar-refractivity contribution in [3.63, 3.8) is 0 Å². The van der Waals surface area contributed by atoms with Crippen LogP contribution in [0.2, 0.25) is 5.02 Å². The lowest BCUT2D eigenvalue weighted by molar-refractivity contribution is 0.627. The van der Waals surface area contributed by atoms with Crippen LogP contribution in [-0.4, -0.2) is 0 Å². The molecule has 2 heteroatoms. The Labute approximate surface area is 235 Å². The number of fused-ring (bicyclic) bond motifs is 1. The van der Waals surface area contributed by atoms with Gasteiger partial charge < -0.3 is 5.32 Å². The molecule has 1 aliphatic heterocycles. The van der Waals surface area contributed by atoms with E-state index in [-0.39, 0.29) is 11.5 Å². The van der Waals surface area contributed by atoms with E-state index in [1.807, 2.05) is 12.1 Å². The summed E-state index contributed by atoms with van der Waals surface area (Å²) >= 11 is 6.38. The van der Waals surface area contributed by atoms with Gasteiger partial charge in [0.2, 0.25) is 0 Å². The van der Waals surface area contributed by atoms with Crippen molar-refractivity contribution >= 4 is 17.3 Å². The Hall–Kier alpha value is -4.07. The minimum absolute atomic E-state index is 0.0156. The third kappa shape index (κ3) is 3.76.